The first-order valence-electron chi connectivity index (χ1n) is 15.0. The average molecular weight is 685 g/mol. The second kappa shape index (κ2) is 15.2. The van der Waals surface area contributed by atoms with E-state index in [2.05, 4.69) is 84.3 Å². The molecule has 13 heteroatoms. The quantitative estimate of drug-likeness (QED) is 0.157. The topological polar surface area (TPSA) is 99.5 Å². The third kappa shape index (κ3) is 8.45. The Bertz CT molecular complexity index is 1950. The maximum atomic E-state index is 14.1. The lowest BCUT2D eigenvalue weighted by atomic mass is 9.93. The van der Waals surface area contributed by atoms with Crippen LogP contribution in [0.5, 0.6) is 0 Å². The van der Waals surface area contributed by atoms with Gasteiger partial charge < -0.3 is 9.67 Å². The number of hydrogen-bond donors (Lipinski definition) is 1. The van der Waals surface area contributed by atoms with E-state index >= 15 is 0 Å². The van der Waals surface area contributed by atoms with Crippen molar-refractivity contribution in [2.75, 3.05) is 0 Å². The Morgan fingerprint density at radius 2 is 1.46 bits per heavy atom. The van der Waals surface area contributed by atoms with E-state index in [1.807, 2.05) is 30.9 Å². The van der Waals surface area contributed by atoms with Crippen LogP contribution in [0, 0.1) is 11.6 Å². The van der Waals surface area contributed by atoms with Gasteiger partial charge in [-0.1, -0.05) is 72.3 Å². The molecule has 7 rings (SSSR count). The molecule has 0 fully saturated rings. The SMILES string of the molecule is Clc1ccc(CC(Cc2ccc(-c3ccccc3)cc2)n2ccnc2)s1.OC(Cn1cncn1)(Cn1cncn1)c1ccc(F)cc1F. The van der Waals surface area contributed by atoms with E-state index < -0.39 is 17.2 Å². The van der Waals surface area contributed by atoms with E-state index in [-0.39, 0.29) is 18.7 Å². The Kier molecular flexibility index (Phi) is 10.4. The van der Waals surface area contributed by atoms with E-state index in [9.17, 15) is 13.9 Å². The van der Waals surface area contributed by atoms with Crippen LogP contribution in [0.3, 0.4) is 0 Å². The number of rotatable bonds is 11. The van der Waals surface area contributed by atoms with Gasteiger partial charge in [0.2, 0.25) is 0 Å². The lowest BCUT2D eigenvalue weighted by molar-refractivity contribution is -0.00856. The Morgan fingerprint density at radius 3 is 2.02 bits per heavy atom. The third-order valence-corrected chi connectivity index (χ3v) is 9.01. The summed E-state index contributed by atoms with van der Waals surface area (Å²) >= 11 is 7.76. The molecule has 4 aromatic heterocycles. The smallest absolute Gasteiger partial charge is 0.137 e. The highest BCUT2D eigenvalue weighted by molar-refractivity contribution is 7.16. The zero-order valence-electron chi connectivity index (χ0n) is 25.6. The molecule has 0 amide bonds. The Hall–Kier alpha value is -5.04. The van der Waals surface area contributed by atoms with E-state index in [0.717, 1.165) is 29.3 Å². The number of hydrogen-bond acceptors (Lipinski definition) is 7. The maximum Gasteiger partial charge on any atom is 0.137 e. The molecule has 1 unspecified atom stereocenters. The minimum atomic E-state index is -1.70. The summed E-state index contributed by atoms with van der Waals surface area (Å²) in [5.41, 5.74) is 2.07. The molecule has 4 heterocycles. The molecule has 0 bridgehead atoms. The number of nitrogens with zero attached hydrogens (tertiary/aromatic N) is 8. The Balaban J connectivity index is 0.000000170. The number of thiophene rings is 1. The molecule has 0 saturated heterocycles. The fourth-order valence-electron chi connectivity index (χ4n) is 5.45. The van der Waals surface area contributed by atoms with Crippen molar-refractivity contribution < 1.29 is 13.9 Å². The molecule has 0 saturated carbocycles. The molecule has 244 valence electrons. The highest BCUT2D eigenvalue weighted by Gasteiger charge is 2.34. The maximum absolute atomic E-state index is 14.1. The lowest BCUT2D eigenvalue weighted by Crippen LogP contribution is -2.37. The summed E-state index contributed by atoms with van der Waals surface area (Å²) in [6, 6.07) is 26.8. The molecule has 1 N–H and O–H groups in total. The van der Waals surface area contributed by atoms with Crippen LogP contribution < -0.4 is 0 Å². The molecule has 1 atom stereocenters. The zero-order valence-corrected chi connectivity index (χ0v) is 27.2. The monoisotopic (exact) mass is 684 g/mol. The summed E-state index contributed by atoms with van der Waals surface area (Å²) < 4.78 is 33.0. The zero-order chi connectivity index (χ0) is 33.3. The highest BCUT2D eigenvalue weighted by Crippen LogP contribution is 2.29. The average Bonchev–Trinajstić information content (AvgIpc) is 3.92. The molecule has 0 aliphatic heterocycles. The number of halogens is 3. The fourth-order valence-corrected chi connectivity index (χ4v) is 6.61. The highest BCUT2D eigenvalue weighted by atomic mass is 35.5. The molecule has 3 aromatic carbocycles. The van der Waals surface area contributed by atoms with Gasteiger partial charge >= 0.3 is 0 Å². The van der Waals surface area contributed by atoms with Gasteiger partial charge in [0.05, 0.1) is 23.8 Å². The number of aromatic nitrogens is 8. The second-order valence-corrected chi connectivity index (χ2v) is 13.0. The van der Waals surface area contributed by atoms with Gasteiger partial charge in [0.1, 0.15) is 42.5 Å². The summed E-state index contributed by atoms with van der Waals surface area (Å²) in [6.07, 6.45) is 13.1. The van der Waals surface area contributed by atoms with Crippen LogP contribution in [-0.2, 0) is 31.5 Å². The first kappa shape index (κ1) is 32.9. The van der Waals surface area contributed by atoms with Crippen LogP contribution in [-0.4, -0.2) is 44.2 Å². The van der Waals surface area contributed by atoms with Gasteiger partial charge in [-0.05, 0) is 41.3 Å². The van der Waals surface area contributed by atoms with Crippen LogP contribution in [0.1, 0.15) is 22.0 Å². The van der Waals surface area contributed by atoms with Gasteiger partial charge in [0, 0.05) is 41.4 Å². The van der Waals surface area contributed by atoms with Crippen molar-refractivity contribution in [3.63, 3.8) is 0 Å². The third-order valence-electron chi connectivity index (χ3n) is 7.76. The van der Waals surface area contributed by atoms with Crippen molar-refractivity contribution in [2.45, 2.75) is 37.6 Å². The van der Waals surface area contributed by atoms with Crippen LogP contribution in [0.15, 0.2) is 129 Å². The molecular formula is C35H31ClF2N8OS. The summed E-state index contributed by atoms with van der Waals surface area (Å²) in [5.74, 6) is -1.56. The van der Waals surface area contributed by atoms with Gasteiger partial charge in [-0.15, -0.1) is 11.3 Å². The van der Waals surface area contributed by atoms with Crippen LogP contribution in [0.4, 0.5) is 8.78 Å². The minimum Gasteiger partial charge on any atom is -0.381 e. The van der Waals surface area contributed by atoms with Gasteiger partial charge in [-0.3, -0.25) is 0 Å². The van der Waals surface area contributed by atoms with Crippen molar-refractivity contribution in [1.29, 1.82) is 0 Å². The predicted octanol–water partition coefficient (Wildman–Crippen LogP) is 7.03. The molecular weight excluding hydrogens is 654 g/mol. The van der Waals surface area contributed by atoms with E-state index in [0.29, 0.717) is 6.04 Å². The summed E-state index contributed by atoms with van der Waals surface area (Å²) in [7, 11) is 0. The van der Waals surface area contributed by atoms with Gasteiger partial charge in [0.15, 0.2) is 0 Å². The first-order chi connectivity index (χ1) is 23.3. The molecule has 0 aliphatic carbocycles. The number of aliphatic hydroxyl groups is 1. The van der Waals surface area contributed by atoms with Crippen LogP contribution in [0.2, 0.25) is 4.34 Å². The fraction of sp³-hybridized carbons (Fsp3) is 0.171. The van der Waals surface area contributed by atoms with E-state index in [1.165, 1.54) is 62.3 Å². The standard InChI is InChI=1S/C22H19ClN2S.C13H12F2N6O/c23-22-11-10-21(26-22)15-20(25-13-12-24-16-25)14-17-6-8-19(9-7-17)18-4-2-1-3-5-18;14-10-1-2-11(12(15)3-10)13(22,4-20-8-16-6-18-20)5-21-9-17-7-19-21/h1-13,16,20H,14-15H2;1-3,6-9,22H,4-5H2. The van der Waals surface area contributed by atoms with Gasteiger partial charge in [-0.2, -0.15) is 10.2 Å². The van der Waals surface area contributed by atoms with Gasteiger partial charge in [-0.25, -0.2) is 33.1 Å². The molecule has 7 aromatic rings. The molecule has 0 aliphatic rings. The summed E-state index contributed by atoms with van der Waals surface area (Å²) in [5, 5.41) is 18.8. The normalized spacial score (nSPS) is 12.0. The van der Waals surface area contributed by atoms with E-state index in [1.54, 1.807) is 11.3 Å². The molecule has 0 radical (unpaired) electrons. The largest absolute Gasteiger partial charge is 0.381 e. The van der Waals surface area contributed by atoms with Crippen LogP contribution in [0.25, 0.3) is 11.1 Å². The van der Waals surface area contributed by atoms with Crippen molar-refractivity contribution in [1.82, 2.24) is 39.1 Å². The molecule has 9 nitrogen and oxygen atoms in total. The Morgan fingerprint density at radius 1 is 0.771 bits per heavy atom. The Labute approximate surface area is 284 Å². The molecule has 0 spiro atoms. The second-order valence-electron chi connectivity index (χ2n) is 11.2. The lowest BCUT2D eigenvalue weighted by Gasteiger charge is -2.28. The predicted molar refractivity (Wildman–Crippen MR) is 180 cm³/mol. The number of benzene rings is 3. The first-order valence-corrected chi connectivity index (χ1v) is 16.2. The van der Waals surface area contributed by atoms with Crippen LogP contribution >= 0.6 is 22.9 Å². The summed E-state index contributed by atoms with van der Waals surface area (Å²) in [6.45, 7) is -0.148. The molecule has 48 heavy (non-hydrogen) atoms. The minimum absolute atomic E-state index is 0.0556. The summed E-state index contributed by atoms with van der Waals surface area (Å²) in [4.78, 5) is 13.1. The number of imidazole rings is 1. The van der Waals surface area contributed by atoms with Gasteiger partial charge in [0.25, 0.3) is 0 Å². The van der Waals surface area contributed by atoms with Crippen molar-refractivity contribution >= 4 is 22.9 Å². The van der Waals surface area contributed by atoms with Crippen molar-refractivity contribution in [3.8, 4) is 11.1 Å². The van der Waals surface area contributed by atoms with Crippen molar-refractivity contribution in [3.05, 3.63) is 161 Å². The van der Waals surface area contributed by atoms with E-state index in [4.69, 9.17) is 11.6 Å². The van der Waals surface area contributed by atoms with Crippen molar-refractivity contribution in [2.24, 2.45) is 0 Å².